The van der Waals surface area contributed by atoms with Crippen LogP contribution in [0.2, 0.25) is 0 Å². The molecular weight excluding hydrogens is 435 g/mol. The van der Waals surface area contributed by atoms with Crippen LogP contribution < -0.4 is 10.6 Å². The van der Waals surface area contributed by atoms with Gasteiger partial charge in [0.05, 0.1) is 12.1 Å². The summed E-state index contributed by atoms with van der Waals surface area (Å²) in [5.74, 6) is 0.818. The number of ether oxygens (including phenoxy) is 1. The third kappa shape index (κ3) is 5.25. The van der Waals surface area contributed by atoms with Gasteiger partial charge in [0, 0.05) is 25.8 Å². The summed E-state index contributed by atoms with van der Waals surface area (Å²) in [6.07, 6.45) is 0.841. The molecule has 1 aromatic heterocycles. The van der Waals surface area contributed by atoms with Gasteiger partial charge in [-0.1, -0.05) is 60.2 Å². The molecule has 168 valence electrons. The monoisotopic (exact) mass is 464 g/mol. The zero-order chi connectivity index (χ0) is 20.3. The summed E-state index contributed by atoms with van der Waals surface area (Å²) in [4.78, 5) is 0. The molecule has 4 rings (SSSR count). The summed E-state index contributed by atoms with van der Waals surface area (Å²) < 4.78 is 8.07. The summed E-state index contributed by atoms with van der Waals surface area (Å²) in [7, 11) is 1.77. The average Bonchev–Trinajstić information content (AvgIpc) is 3.19. The fourth-order valence-corrected chi connectivity index (χ4v) is 4.18. The Kier molecular flexibility index (Phi) is 8.97. The van der Waals surface area contributed by atoms with E-state index in [4.69, 9.17) is 4.74 Å². The average molecular weight is 465 g/mol. The normalized spacial score (nSPS) is 22.9. The van der Waals surface area contributed by atoms with Crippen molar-refractivity contribution in [1.82, 2.24) is 30.8 Å². The highest BCUT2D eigenvalue weighted by Gasteiger charge is 2.46. The lowest BCUT2D eigenvalue weighted by atomic mass is 9.85. The van der Waals surface area contributed by atoms with Gasteiger partial charge in [0.25, 0.3) is 0 Å². The second-order valence-electron chi connectivity index (χ2n) is 7.67. The highest BCUT2D eigenvalue weighted by molar-refractivity contribution is 5.85. The molecule has 2 heterocycles. The Labute approximate surface area is 195 Å². The predicted octanol–water partition coefficient (Wildman–Crippen LogP) is 3.33. The van der Waals surface area contributed by atoms with E-state index in [1.54, 1.807) is 7.11 Å². The Morgan fingerprint density at radius 3 is 2.42 bits per heavy atom. The van der Waals surface area contributed by atoms with Crippen LogP contribution >= 0.6 is 24.8 Å². The molecule has 1 aliphatic rings. The second-order valence-corrected chi connectivity index (χ2v) is 7.67. The Morgan fingerprint density at radius 1 is 1.10 bits per heavy atom. The van der Waals surface area contributed by atoms with E-state index in [0.717, 1.165) is 30.9 Å². The smallest absolute Gasteiger partial charge is 0.160 e. The number of halogens is 2. The summed E-state index contributed by atoms with van der Waals surface area (Å²) in [6.45, 7) is 5.51. The molecule has 0 spiro atoms. The number of aryl methyl sites for hydroxylation is 2. The molecule has 3 aromatic rings. The molecule has 1 fully saturated rings. The minimum absolute atomic E-state index is 0. The Hall–Kier alpha value is -2.03. The topological polar surface area (TPSA) is 76.9 Å². The standard InChI is InChI=1S/C22H28N6O.2ClH/c1-16-9-11-19(12-10-16)22(29-3)21(23-14-18-7-5-4-6-8-18)13-20(15-24-22)28-17(2)25-26-27-28;;/h4-12,20-21,23-24H,13-15H2,1-3H3;2*1H/t20?,21-,22+;;/m1../s1. The summed E-state index contributed by atoms with van der Waals surface area (Å²) in [5.41, 5.74) is 2.96. The minimum Gasteiger partial charge on any atom is -0.358 e. The number of hydrogen-bond acceptors (Lipinski definition) is 6. The van der Waals surface area contributed by atoms with Gasteiger partial charge in [-0.3, -0.25) is 5.32 Å². The van der Waals surface area contributed by atoms with Crippen LogP contribution in [-0.2, 0) is 17.0 Å². The van der Waals surface area contributed by atoms with Gasteiger partial charge in [0.2, 0.25) is 0 Å². The van der Waals surface area contributed by atoms with Gasteiger partial charge in [-0.2, -0.15) is 0 Å². The molecule has 31 heavy (non-hydrogen) atoms. The number of piperidine rings is 1. The zero-order valence-electron chi connectivity index (χ0n) is 18.0. The molecule has 0 saturated carbocycles. The maximum Gasteiger partial charge on any atom is 0.160 e. The number of tetrazole rings is 1. The Balaban J connectivity index is 0.00000171. The van der Waals surface area contributed by atoms with E-state index in [-0.39, 0.29) is 36.9 Å². The van der Waals surface area contributed by atoms with Crippen LogP contribution in [-0.4, -0.2) is 39.9 Å². The van der Waals surface area contributed by atoms with Gasteiger partial charge in [-0.15, -0.1) is 29.9 Å². The number of methoxy groups -OCH3 is 1. The maximum atomic E-state index is 6.17. The lowest BCUT2D eigenvalue weighted by molar-refractivity contribution is -0.0990. The van der Waals surface area contributed by atoms with Gasteiger partial charge < -0.3 is 10.1 Å². The van der Waals surface area contributed by atoms with Crippen molar-refractivity contribution in [1.29, 1.82) is 0 Å². The van der Waals surface area contributed by atoms with Crippen LogP contribution in [0.5, 0.6) is 0 Å². The molecule has 9 heteroatoms. The molecule has 0 amide bonds. The Morgan fingerprint density at radius 2 is 1.81 bits per heavy atom. The highest BCUT2D eigenvalue weighted by atomic mass is 35.5. The minimum atomic E-state index is -0.624. The van der Waals surface area contributed by atoms with E-state index in [1.165, 1.54) is 11.1 Å². The highest BCUT2D eigenvalue weighted by Crippen LogP contribution is 2.35. The van der Waals surface area contributed by atoms with Crippen molar-refractivity contribution in [2.45, 2.75) is 44.6 Å². The van der Waals surface area contributed by atoms with Gasteiger partial charge in [-0.25, -0.2) is 4.68 Å². The van der Waals surface area contributed by atoms with Crippen LogP contribution in [0.15, 0.2) is 54.6 Å². The first-order chi connectivity index (χ1) is 14.1. The Bertz CT molecular complexity index is 937. The molecule has 3 atom stereocenters. The fraction of sp³-hybridized carbons (Fsp3) is 0.409. The quantitative estimate of drug-likeness (QED) is 0.582. The van der Waals surface area contributed by atoms with Crippen LogP contribution in [0.4, 0.5) is 0 Å². The lowest BCUT2D eigenvalue weighted by Gasteiger charge is -2.47. The van der Waals surface area contributed by atoms with E-state index >= 15 is 0 Å². The number of nitrogens with zero attached hydrogens (tertiary/aromatic N) is 4. The molecule has 1 unspecified atom stereocenters. The van der Waals surface area contributed by atoms with Crippen molar-refractivity contribution >= 4 is 24.8 Å². The second kappa shape index (κ2) is 11.0. The van der Waals surface area contributed by atoms with Crippen molar-refractivity contribution in [3.63, 3.8) is 0 Å². The van der Waals surface area contributed by atoms with E-state index in [9.17, 15) is 0 Å². The first-order valence-corrected chi connectivity index (χ1v) is 10.0. The van der Waals surface area contributed by atoms with Crippen LogP contribution in [0.3, 0.4) is 0 Å². The third-order valence-corrected chi connectivity index (χ3v) is 5.80. The lowest BCUT2D eigenvalue weighted by Crippen LogP contribution is -2.63. The van der Waals surface area contributed by atoms with Gasteiger partial charge in [0.15, 0.2) is 5.72 Å². The van der Waals surface area contributed by atoms with Gasteiger partial charge in [0.1, 0.15) is 5.82 Å². The molecule has 0 radical (unpaired) electrons. The van der Waals surface area contributed by atoms with Crippen LogP contribution in [0.1, 0.15) is 35.0 Å². The number of aromatic nitrogens is 4. The van der Waals surface area contributed by atoms with Crippen molar-refractivity contribution in [3.05, 3.63) is 77.1 Å². The number of rotatable bonds is 6. The van der Waals surface area contributed by atoms with Crippen molar-refractivity contribution in [2.24, 2.45) is 0 Å². The van der Waals surface area contributed by atoms with Gasteiger partial charge in [-0.05, 0) is 36.3 Å². The molecule has 1 aliphatic heterocycles. The molecule has 2 aromatic carbocycles. The number of benzene rings is 2. The number of nitrogens with one attached hydrogen (secondary N) is 2. The molecule has 7 nitrogen and oxygen atoms in total. The van der Waals surface area contributed by atoms with Crippen molar-refractivity contribution in [2.75, 3.05) is 13.7 Å². The van der Waals surface area contributed by atoms with E-state index in [2.05, 4.69) is 81.6 Å². The SMILES string of the molecule is CO[C@]1(c2ccc(C)cc2)NCC(n2nnnc2C)C[C@H]1NCc1ccccc1.Cl.Cl. The van der Waals surface area contributed by atoms with Crippen molar-refractivity contribution < 1.29 is 4.74 Å². The fourth-order valence-electron chi connectivity index (χ4n) is 4.18. The third-order valence-electron chi connectivity index (χ3n) is 5.80. The first kappa shape index (κ1) is 25.2. The van der Waals surface area contributed by atoms with Crippen LogP contribution in [0, 0.1) is 13.8 Å². The molecular formula is C22H30Cl2N6O. The molecule has 0 aliphatic carbocycles. The van der Waals surface area contributed by atoms with E-state index < -0.39 is 5.72 Å². The zero-order valence-corrected chi connectivity index (χ0v) is 19.6. The summed E-state index contributed by atoms with van der Waals surface area (Å²) in [6, 6.07) is 19.1. The first-order valence-electron chi connectivity index (χ1n) is 10.0. The maximum absolute atomic E-state index is 6.17. The summed E-state index contributed by atoms with van der Waals surface area (Å²) >= 11 is 0. The molecule has 0 bridgehead atoms. The largest absolute Gasteiger partial charge is 0.358 e. The molecule has 2 N–H and O–H groups in total. The summed E-state index contributed by atoms with van der Waals surface area (Å²) in [5, 5.41) is 19.5. The predicted molar refractivity (Wildman–Crippen MR) is 126 cm³/mol. The van der Waals surface area contributed by atoms with Crippen molar-refractivity contribution in [3.8, 4) is 0 Å². The van der Waals surface area contributed by atoms with Gasteiger partial charge >= 0.3 is 0 Å². The molecule has 1 saturated heterocycles. The van der Waals surface area contributed by atoms with E-state index in [1.807, 2.05) is 17.7 Å². The van der Waals surface area contributed by atoms with Crippen LogP contribution in [0.25, 0.3) is 0 Å². The number of hydrogen-bond donors (Lipinski definition) is 2. The van der Waals surface area contributed by atoms with E-state index in [0.29, 0.717) is 0 Å².